The molecule has 0 aliphatic heterocycles. The first-order valence-corrected chi connectivity index (χ1v) is 44.1. The van der Waals surface area contributed by atoms with Gasteiger partial charge in [0.05, 0.1) is 60.2 Å². The first-order valence-electron chi connectivity index (χ1n) is 44.1. The van der Waals surface area contributed by atoms with Crippen LogP contribution in [0.15, 0.2) is 122 Å². The number of amides is 13. The highest BCUT2D eigenvalue weighted by Crippen LogP contribution is 2.43. The Morgan fingerprint density at radius 3 is 1.21 bits per heavy atom. The van der Waals surface area contributed by atoms with E-state index >= 15 is 19.2 Å². The molecule has 2 saturated carbocycles. The average Bonchev–Trinajstić information content (AvgIpc) is 1.59. The number of carbonyl (C=O) groups excluding carboxylic acids is 15. The van der Waals surface area contributed by atoms with E-state index in [9.17, 15) is 63.0 Å². The van der Waals surface area contributed by atoms with E-state index in [2.05, 4.69) is 89.7 Å². The molecule has 1 aromatic heterocycles. The summed E-state index contributed by atoms with van der Waals surface area (Å²) in [4.78, 5) is 224. The second-order valence-electron chi connectivity index (χ2n) is 33.5. The van der Waals surface area contributed by atoms with Gasteiger partial charge in [0, 0.05) is 51.6 Å². The molecule has 13 amide bonds. The van der Waals surface area contributed by atoms with Gasteiger partial charge in [-0.3, -0.25) is 93.6 Å². The van der Waals surface area contributed by atoms with Gasteiger partial charge in [0.15, 0.2) is 23.8 Å². The maximum Gasteiger partial charge on any atom is 0.312 e. The van der Waals surface area contributed by atoms with Gasteiger partial charge >= 0.3 is 11.9 Å². The molecule has 2 aliphatic rings. The van der Waals surface area contributed by atoms with Crippen LogP contribution in [0.3, 0.4) is 0 Å². The summed E-state index contributed by atoms with van der Waals surface area (Å²) in [7, 11) is 0. The Balaban J connectivity index is 1.14. The summed E-state index contributed by atoms with van der Waals surface area (Å²) in [6.07, 6.45) is 1.02. The van der Waals surface area contributed by atoms with Crippen LogP contribution in [0.5, 0.6) is 11.5 Å². The molecule has 2 fully saturated rings. The molecule has 7 rings (SSSR count). The van der Waals surface area contributed by atoms with Gasteiger partial charge in [0.2, 0.25) is 76.8 Å². The average molecular weight is 1880 g/mol. The first-order chi connectivity index (χ1) is 64.2. The Labute approximate surface area is 778 Å². The summed E-state index contributed by atoms with van der Waals surface area (Å²) >= 11 is 0. The Morgan fingerprint density at radius 1 is 0.415 bits per heavy atom. The van der Waals surface area contributed by atoms with Gasteiger partial charge in [-0.05, 0) is 116 Å². The fraction of sp³-hybridized carbons (Fsp3) is 0.477. The minimum absolute atomic E-state index is 0.0206. The standard InChI is InChI=1S/C88H126N28O19/c1-5-46(4)68(114-79(128)60(38-48-26-30-53(118)31-27-48)112-77(126)61(39-51-41-100-44-105-51)110-72(121)54(89)20-12-32-101-85(92)93)82(131)113-62(40-63(90)119)78(127)111-59(36-45(2)3)76(125)106-56(22-14-34-103-87(96)97)74(123)115-69-65(67(69)84(133)135-43-50-18-10-7-11-19-50)81(130)108-57(23-15-35-104-88(98)99)75(124)116-70-64(66(70)83(132)134-42-49-16-8-6-9-17-49)80(129)107-55(21-13-33-102-86(94)95)73(122)109-58(71(91)120)37-47-24-28-52(117)29-25-47/h6-11,16-19,24-31,41,44-46,54-62,64-70,117-118H,5,12-15,20-23,32-40,42-43,89H2,1-4H3,(H2,90,119)(H2,91,120)(H,100,105)(H,106,125)(H,107,129)(H,108,130)(H,109,122)(H,110,121)(H,111,127)(H,112,126)(H,113,131)(H,114,128)(H,115,123)(H,116,124)(H4,92,93,101)(H4,94,95,102)(H4,96,97,103)(H4,98,99,104)/t46-,54-,55-,56-,57-,58-,59-,60-,61-,62-,64+,65+,66+,67+,68-,69-,70-/m0/s1. The van der Waals surface area contributed by atoms with Crippen molar-refractivity contribution in [3.8, 4) is 11.5 Å². The molecular formula is C88H126N28O19. The topological polar surface area (TPSA) is 802 Å². The predicted octanol–water partition coefficient (Wildman–Crippen LogP) is -5.01. The SMILES string of the molecule is CC[C@H](C)[C@H](NC(=O)[C@H](Cc1ccc(O)cc1)NC(=O)[C@H](Cc1c[nH]cn1)NC(=O)[C@@H](N)CCCNC(=N)N)C(=O)N[C@@H](CC(N)=O)C(=O)N[C@@H](CC(C)C)C(=O)N[C@@H](CCCNC(=N)N)C(=O)N[C@H]1[C@H](C(=O)N[C@@H](CCCNC(=N)N)C(=O)N[C@H]2[C@H](C(=O)N[C@@H](CCCNC(=N)N)C(=O)N[C@@H](Cc3ccc(O)cc3)C(N)=O)[C@H]2C(=O)OCc2ccccc2)[C@H]1C(=O)OCc1ccccc1. The lowest BCUT2D eigenvalue weighted by Crippen LogP contribution is -2.61. The van der Waals surface area contributed by atoms with Gasteiger partial charge in [-0.1, -0.05) is 119 Å². The third-order valence-electron chi connectivity index (χ3n) is 22.3. The number of aromatic hydroxyl groups is 2. The fourth-order valence-corrected chi connectivity index (χ4v) is 14.7. The summed E-state index contributed by atoms with van der Waals surface area (Å²) in [5.41, 5.74) is 42.1. The second kappa shape index (κ2) is 53.3. The van der Waals surface area contributed by atoms with Crippen LogP contribution in [-0.2, 0) is 114 Å². The number of hydrogen-bond donors (Lipinski definition) is 29. The zero-order chi connectivity index (χ0) is 99.1. The number of carbonyl (C=O) groups is 15. The van der Waals surface area contributed by atoms with Gasteiger partial charge in [-0.2, -0.15) is 0 Å². The Morgan fingerprint density at radius 2 is 0.785 bits per heavy atom. The lowest BCUT2D eigenvalue weighted by molar-refractivity contribution is -0.148. The van der Waals surface area contributed by atoms with Crippen molar-refractivity contribution in [1.29, 1.82) is 21.6 Å². The number of ether oxygens (including phenoxy) is 2. The van der Waals surface area contributed by atoms with Crippen molar-refractivity contribution in [3.05, 3.63) is 150 Å². The number of hydrogen-bond acceptors (Lipinski definition) is 25. The van der Waals surface area contributed by atoms with Gasteiger partial charge in [0.1, 0.15) is 79.1 Å². The lowest BCUT2D eigenvalue weighted by Gasteiger charge is -2.30. The molecule has 1 heterocycles. The molecule has 0 unspecified atom stereocenters. The van der Waals surface area contributed by atoms with Gasteiger partial charge in [-0.25, -0.2) is 4.98 Å². The molecule has 0 saturated heterocycles. The number of H-pyrrole nitrogens is 1. The molecule has 36 N–H and O–H groups in total. The predicted molar refractivity (Wildman–Crippen MR) is 490 cm³/mol. The van der Waals surface area contributed by atoms with Crippen LogP contribution < -0.4 is 120 Å². The number of benzene rings is 4. The minimum atomic E-state index is -1.88. The van der Waals surface area contributed by atoms with Crippen LogP contribution in [0.1, 0.15) is 126 Å². The van der Waals surface area contributed by atoms with Crippen LogP contribution in [0, 0.1) is 57.1 Å². The maximum absolute atomic E-state index is 15.2. The molecule has 5 aromatic rings. The van der Waals surface area contributed by atoms with E-state index in [1.54, 1.807) is 88.4 Å². The van der Waals surface area contributed by atoms with Crippen LogP contribution in [0.4, 0.5) is 0 Å². The normalized spacial score (nSPS) is 17.5. The summed E-state index contributed by atoms with van der Waals surface area (Å²) in [6, 6.07) is 9.91. The Kier molecular flexibility index (Phi) is 42.2. The zero-order valence-electron chi connectivity index (χ0n) is 75.4. The quantitative estimate of drug-likeness (QED) is 0.00750. The fourth-order valence-electron chi connectivity index (χ4n) is 14.7. The number of esters is 2. The van der Waals surface area contributed by atoms with Crippen molar-refractivity contribution in [3.63, 3.8) is 0 Å². The number of phenols is 2. The number of primary amides is 2. The molecule has 4 aromatic carbocycles. The van der Waals surface area contributed by atoms with E-state index in [4.69, 9.17) is 71.2 Å². The van der Waals surface area contributed by atoms with Crippen LogP contribution in [0.2, 0.25) is 0 Å². The Bertz CT molecular complexity index is 4920. The van der Waals surface area contributed by atoms with Crippen molar-refractivity contribution in [2.24, 2.45) is 75.6 Å². The van der Waals surface area contributed by atoms with Crippen LogP contribution in [0.25, 0.3) is 0 Å². The highest BCUT2D eigenvalue weighted by molar-refractivity contribution is 6.02. The molecule has 47 nitrogen and oxygen atoms in total. The number of nitrogens with zero attached hydrogens (tertiary/aromatic N) is 1. The molecule has 0 bridgehead atoms. The molecule has 0 spiro atoms. The maximum atomic E-state index is 15.2. The number of rotatable bonds is 57. The highest BCUT2D eigenvalue weighted by Gasteiger charge is 2.63. The van der Waals surface area contributed by atoms with Crippen molar-refractivity contribution in [1.82, 2.24) is 89.7 Å². The van der Waals surface area contributed by atoms with Gasteiger partial charge in [-0.15, -0.1) is 0 Å². The number of nitrogens with two attached hydrogens (primary N) is 7. The number of aromatic amines is 1. The second-order valence-corrected chi connectivity index (χ2v) is 33.5. The lowest BCUT2D eigenvalue weighted by atomic mass is 9.96. The van der Waals surface area contributed by atoms with Crippen molar-refractivity contribution in [2.45, 2.75) is 203 Å². The number of nitrogens with one attached hydrogen (secondary N) is 20. The number of imidazole rings is 1. The summed E-state index contributed by atoms with van der Waals surface area (Å²) in [5, 5.41) is 90.1. The molecular weight excluding hydrogens is 1750 g/mol. The summed E-state index contributed by atoms with van der Waals surface area (Å²) < 4.78 is 11.4. The smallest absolute Gasteiger partial charge is 0.312 e. The van der Waals surface area contributed by atoms with Crippen molar-refractivity contribution in [2.75, 3.05) is 26.2 Å². The highest BCUT2D eigenvalue weighted by atomic mass is 16.5. The molecule has 732 valence electrons. The van der Waals surface area contributed by atoms with Crippen molar-refractivity contribution < 1.29 is 91.6 Å². The van der Waals surface area contributed by atoms with E-state index in [0.717, 1.165) is 0 Å². The monoisotopic (exact) mass is 1880 g/mol. The first kappa shape index (κ1) is 107. The molecule has 0 radical (unpaired) electrons. The largest absolute Gasteiger partial charge is 0.508 e. The van der Waals surface area contributed by atoms with E-state index in [-0.39, 0.29) is 134 Å². The molecule has 47 heteroatoms. The number of phenolic OH excluding ortho intramolecular Hbond substituents is 2. The van der Waals surface area contributed by atoms with E-state index in [0.29, 0.717) is 34.4 Å². The zero-order valence-corrected chi connectivity index (χ0v) is 75.4. The van der Waals surface area contributed by atoms with Gasteiger partial charge in [0.25, 0.3) is 0 Å². The van der Waals surface area contributed by atoms with Crippen LogP contribution >= 0.6 is 0 Å². The minimum Gasteiger partial charge on any atom is -0.508 e. The van der Waals surface area contributed by atoms with Crippen LogP contribution in [-0.4, -0.2) is 231 Å². The van der Waals surface area contributed by atoms with Gasteiger partial charge < -0.3 is 145 Å². The number of aromatic nitrogens is 2. The number of guanidine groups is 4. The molecule has 135 heavy (non-hydrogen) atoms. The van der Waals surface area contributed by atoms with E-state index in [1.165, 1.54) is 61.1 Å². The third-order valence-corrected chi connectivity index (χ3v) is 22.3. The molecule has 2 aliphatic carbocycles. The third kappa shape index (κ3) is 36.1. The van der Waals surface area contributed by atoms with Crippen molar-refractivity contribution >= 4 is 113 Å². The molecule has 17 atom stereocenters. The van der Waals surface area contributed by atoms with E-state index < -0.39 is 221 Å². The van der Waals surface area contributed by atoms with E-state index in [1.807, 2.05) is 0 Å². The summed E-state index contributed by atoms with van der Waals surface area (Å²) in [5.74, 6) is -24.0. The summed E-state index contributed by atoms with van der Waals surface area (Å²) in [6.45, 7) is 6.11. The Hall–Kier alpha value is -15.2.